The fourth-order valence-corrected chi connectivity index (χ4v) is 3.61. The Morgan fingerprint density at radius 3 is 3.05 bits per heavy atom. The van der Waals surface area contributed by atoms with E-state index in [-0.39, 0.29) is 11.9 Å². The predicted molar refractivity (Wildman–Crippen MR) is 83.9 cm³/mol. The second kappa shape index (κ2) is 5.17. The summed E-state index contributed by atoms with van der Waals surface area (Å²) in [7, 11) is 0. The van der Waals surface area contributed by atoms with Crippen molar-refractivity contribution in [2.24, 2.45) is 0 Å². The largest absolute Gasteiger partial charge is 0.336 e. The molecule has 0 bridgehead atoms. The lowest BCUT2D eigenvalue weighted by atomic mass is 10.2. The maximum atomic E-state index is 12.5. The number of aryl methyl sites for hydroxylation is 1. The van der Waals surface area contributed by atoms with Crippen LogP contribution in [-0.2, 0) is 0 Å². The average Bonchev–Trinajstić information content (AvgIpc) is 3.25. The maximum Gasteiger partial charge on any atom is 0.267 e. The Kier molecular flexibility index (Phi) is 3.15. The highest BCUT2D eigenvalue weighted by Crippen LogP contribution is 2.27. The van der Waals surface area contributed by atoms with Crippen LogP contribution in [0.4, 0.5) is 0 Å². The third-order valence-corrected chi connectivity index (χ3v) is 4.96. The van der Waals surface area contributed by atoms with E-state index < -0.39 is 0 Å². The van der Waals surface area contributed by atoms with Gasteiger partial charge < -0.3 is 4.90 Å². The number of hydrogen-bond donors (Lipinski definition) is 0. The predicted octanol–water partition coefficient (Wildman–Crippen LogP) is 2.28. The summed E-state index contributed by atoms with van der Waals surface area (Å²) in [4.78, 5) is 15.1. The Hall–Kier alpha value is -2.28. The fourth-order valence-electron chi connectivity index (χ4n) is 2.98. The number of rotatable bonds is 2. The van der Waals surface area contributed by atoms with Gasteiger partial charge in [-0.05, 0) is 30.9 Å². The van der Waals surface area contributed by atoms with Crippen LogP contribution in [0.5, 0.6) is 0 Å². The Morgan fingerprint density at radius 2 is 2.23 bits per heavy atom. The zero-order valence-electron chi connectivity index (χ0n) is 12.1. The van der Waals surface area contributed by atoms with Gasteiger partial charge in [-0.2, -0.15) is 5.10 Å². The van der Waals surface area contributed by atoms with Gasteiger partial charge in [0.1, 0.15) is 4.88 Å². The van der Waals surface area contributed by atoms with E-state index >= 15 is 0 Å². The molecule has 0 aliphatic carbocycles. The topological polar surface area (TPSA) is 63.9 Å². The lowest BCUT2D eigenvalue weighted by Crippen LogP contribution is -2.29. The van der Waals surface area contributed by atoms with E-state index in [0.29, 0.717) is 17.1 Å². The SMILES string of the molecule is Cc1nnsc1C(=O)N1CC[C@@H](n2ncc3ccccc32)C1. The monoisotopic (exact) mass is 313 g/mol. The highest BCUT2D eigenvalue weighted by atomic mass is 32.1. The zero-order valence-corrected chi connectivity index (χ0v) is 13.0. The van der Waals surface area contributed by atoms with Crippen molar-refractivity contribution in [1.29, 1.82) is 0 Å². The van der Waals surface area contributed by atoms with Gasteiger partial charge in [0.05, 0.1) is 23.4 Å². The number of aromatic nitrogens is 4. The van der Waals surface area contributed by atoms with Crippen molar-refractivity contribution in [3.63, 3.8) is 0 Å². The molecule has 0 spiro atoms. The number of amides is 1. The first-order valence-electron chi connectivity index (χ1n) is 7.24. The summed E-state index contributed by atoms with van der Waals surface area (Å²) in [6.07, 6.45) is 2.81. The van der Waals surface area contributed by atoms with Crippen LogP contribution in [-0.4, -0.2) is 43.3 Å². The van der Waals surface area contributed by atoms with E-state index in [2.05, 4.69) is 26.8 Å². The van der Waals surface area contributed by atoms with Gasteiger partial charge in [0, 0.05) is 18.5 Å². The molecule has 6 nitrogen and oxygen atoms in total. The number of carbonyl (C=O) groups excluding carboxylic acids is 1. The first-order chi connectivity index (χ1) is 10.7. The molecule has 1 atom stereocenters. The number of likely N-dealkylation sites (tertiary alicyclic amines) is 1. The Balaban J connectivity index is 1.58. The lowest BCUT2D eigenvalue weighted by molar-refractivity contribution is 0.0791. The van der Waals surface area contributed by atoms with Gasteiger partial charge in [-0.15, -0.1) is 5.10 Å². The van der Waals surface area contributed by atoms with Crippen molar-refractivity contribution in [3.8, 4) is 0 Å². The molecule has 4 rings (SSSR count). The molecule has 0 unspecified atom stereocenters. The van der Waals surface area contributed by atoms with Gasteiger partial charge in [0.2, 0.25) is 0 Å². The van der Waals surface area contributed by atoms with E-state index in [1.807, 2.05) is 34.8 Å². The summed E-state index contributed by atoms with van der Waals surface area (Å²) < 4.78 is 5.89. The van der Waals surface area contributed by atoms with Crippen LogP contribution < -0.4 is 0 Å². The minimum atomic E-state index is 0.0338. The van der Waals surface area contributed by atoms with Crippen molar-refractivity contribution in [1.82, 2.24) is 24.3 Å². The molecule has 22 heavy (non-hydrogen) atoms. The molecule has 0 saturated carbocycles. The molecule has 1 saturated heterocycles. The van der Waals surface area contributed by atoms with Crippen LogP contribution in [0, 0.1) is 6.92 Å². The van der Waals surface area contributed by atoms with Gasteiger partial charge in [-0.1, -0.05) is 22.7 Å². The van der Waals surface area contributed by atoms with E-state index in [4.69, 9.17) is 0 Å². The summed E-state index contributed by atoms with van der Waals surface area (Å²) in [5, 5.41) is 9.56. The van der Waals surface area contributed by atoms with Gasteiger partial charge in [-0.25, -0.2) is 0 Å². The van der Waals surface area contributed by atoms with Crippen LogP contribution in [0.15, 0.2) is 30.5 Å². The van der Waals surface area contributed by atoms with Gasteiger partial charge in [-0.3, -0.25) is 9.48 Å². The summed E-state index contributed by atoms with van der Waals surface area (Å²) in [6.45, 7) is 3.25. The molecule has 2 aromatic heterocycles. The second-order valence-corrected chi connectivity index (χ2v) is 6.28. The van der Waals surface area contributed by atoms with Crippen molar-refractivity contribution in [3.05, 3.63) is 41.0 Å². The Bertz CT molecular complexity index is 839. The first-order valence-corrected chi connectivity index (χ1v) is 8.02. The molecular formula is C15H15N5OS. The summed E-state index contributed by atoms with van der Waals surface area (Å²) in [5.74, 6) is 0.0338. The lowest BCUT2D eigenvalue weighted by Gasteiger charge is -2.16. The minimum Gasteiger partial charge on any atom is -0.336 e. The van der Waals surface area contributed by atoms with Crippen LogP contribution in [0.25, 0.3) is 10.9 Å². The zero-order chi connectivity index (χ0) is 15.1. The average molecular weight is 313 g/mol. The molecule has 7 heteroatoms. The molecule has 1 aliphatic rings. The van der Waals surface area contributed by atoms with Crippen LogP contribution >= 0.6 is 11.5 Å². The smallest absolute Gasteiger partial charge is 0.267 e. The van der Waals surface area contributed by atoms with Crippen molar-refractivity contribution >= 4 is 28.3 Å². The van der Waals surface area contributed by atoms with Crippen LogP contribution in [0.1, 0.15) is 27.8 Å². The standard InChI is InChI=1S/C15H15N5OS/c1-10-14(22-18-17-10)15(21)19-7-6-12(9-19)20-13-5-3-2-4-11(13)8-16-20/h2-5,8,12H,6-7,9H2,1H3/t12-/m1/s1. The number of nitrogens with zero attached hydrogens (tertiary/aromatic N) is 5. The highest BCUT2D eigenvalue weighted by molar-refractivity contribution is 7.07. The van der Waals surface area contributed by atoms with E-state index in [1.165, 1.54) is 11.5 Å². The molecule has 0 N–H and O–H groups in total. The molecule has 112 valence electrons. The number of fused-ring (bicyclic) bond motifs is 1. The molecular weight excluding hydrogens is 298 g/mol. The number of para-hydroxylation sites is 1. The number of carbonyl (C=O) groups is 1. The molecule has 3 heterocycles. The summed E-state index contributed by atoms with van der Waals surface area (Å²) in [5.41, 5.74) is 1.83. The van der Waals surface area contributed by atoms with E-state index in [0.717, 1.165) is 23.9 Å². The first kappa shape index (κ1) is 13.4. The minimum absolute atomic E-state index is 0.0338. The number of benzene rings is 1. The molecule has 1 amide bonds. The molecule has 3 aromatic rings. The Morgan fingerprint density at radius 1 is 1.36 bits per heavy atom. The molecule has 1 aromatic carbocycles. The third kappa shape index (κ3) is 2.09. The quantitative estimate of drug-likeness (QED) is 0.728. The molecule has 1 aliphatic heterocycles. The van der Waals surface area contributed by atoms with E-state index in [1.54, 1.807) is 0 Å². The van der Waals surface area contributed by atoms with Gasteiger partial charge in [0.25, 0.3) is 5.91 Å². The van der Waals surface area contributed by atoms with E-state index in [9.17, 15) is 4.79 Å². The van der Waals surface area contributed by atoms with Crippen molar-refractivity contribution in [2.75, 3.05) is 13.1 Å². The summed E-state index contributed by atoms with van der Waals surface area (Å²) in [6, 6.07) is 8.39. The molecule has 1 fully saturated rings. The molecule has 0 radical (unpaired) electrons. The second-order valence-electron chi connectivity index (χ2n) is 5.53. The normalized spacial score (nSPS) is 18.2. The van der Waals surface area contributed by atoms with Crippen molar-refractivity contribution < 1.29 is 4.79 Å². The van der Waals surface area contributed by atoms with Crippen LogP contribution in [0.2, 0.25) is 0 Å². The van der Waals surface area contributed by atoms with Crippen LogP contribution in [0.3, 0.4) is 0 Å². The van der Waals surface area contributed by atoms with Gasteiger partial charge in [0.15, 0.2) is 0 Å². The highest BCUT2D eigenvalue weighted by Gasteiger charge is 2.30. The Labute approximate surface area is 131 Å². The maximum absolute atomic E-state index is 12.5. The number of hydrogen-bond acceptors (Lipinski definition) is 5. The van der Waals surface area contributed by atoms with Crippen molar-refractivity contribution in [2.45, 2.75) is 19.4 Å². The van der Waals surface area contributed by atoms with Gasteiger partial charge >= 0.3 is 0 Å². The third-order valence-electron chi connectivity index (χ3n) is 4.15. The fraction of sp³-hybridized carbons (Fsp3) is 0.333. The summed E-state index contributed by atoms with van der Waals surface area (Å²) >= 11 is 1.17.